The molecule has 3 amide bonds. The maximum absolute atomic E-state index is 14.4. The molecule has 0 bridgehead atoms. The Balaban J connectivity index is 1.46. The summed E-state index contributed by atoms with van der Waals surface area (Å²) < 4.78 is 14.4. The van der Waals surface area contributed by atoms with Crippen molar-refractivity contribution in [3.8, 4) is 0 Å². The number of benzene rings is 3. The van der Waals surface area contributed by atoms with Crippen molar-refractivity contribution in [2.75, 3.05) is 16.8 Å². The predicted octanol–water partition coefficient (Wildman–Crippen LogP) is 1.99. The zero-order valence-corrected chi connectivity index (χ0v) is 17.7. The molecule has 4 heterocycles. The van der Waals surface area contributed by atoms with Crippen LogP contribution in [0, 0.1) is 17.7 Å². The third-order valence-corrected chi connectivity index (χ3v) is 8.19. The van der Waals surface area contributed by atoms with E-state index in [1.54, 1.807) is 12.1 Å². The van der Waals surface area contributed by atoms with E-state index in [2.05, 4.69) is 5.32 Å². The van der Waals surface area contributed by atoms with Crippen LogP contribution < -0.4 is 15.1 Å². The number of anilines is 2. The number of imide groups is 1. The summed E-state index contributed by atoms with van der Waals surface area (Å²) >= 11 is 0. The highest BCUT2D eigenvalue weighted by atomic mass is 19.1. The fourth-order valence-electron chi connectivity index (χ4n) is 7.07. The molecular formula is C26H21FN3O3+. The van der Waals surface area contributed by atoms with E-state index in [0.717, 1.165) is 28.5 Å². The normalized spacial score (nSPS) is 31.9. The van der Waals surface area contributed by atoms with Gasteiger partial charge in [0.25, 0.3) is 5.91 Å². The summed E-state index contributed by atoms with van der Waals surface area (Å²) in [7, 11) is 0. The second kappa shape index (κ2) is 6.26. The number of nitrogens with one attached hydrogen (secondary N) is 2. The van der Waals surface area contributed by atoms with Crippen molar-refractivity contribution < 1.29 is 23.7 Å². The van der Waals surface area contributed by atoms with E-state index in [0.29, 0.717) is 23.5 Å². The van der Waals surface area contributed by atoms with Crippen molar-refractivity contribution in [2.45, 2.75) is 24.4 Å². The van der Waals surface area contributed by atoms with Crippen molar-refractivity contribution >= 4 is 39.9 Å². The van der Waals surface area contributed by atoms with Crippen molar-refractivity contribution in [1.82, 2.24) is 0 Å². The summed E-state index contributed by atoms with van der Waals surface area (Å²) in [6, 6.07) is 17.3. The van der Waals surface area contributed by atoms with Gasteiger partial charge in [0.15, 0.2) is 0 Å². The molecule has 4 aliphatic heterocycles. The van der Waals surface area contributed by atoms with Crippen LogP contribution in [0.25, 0.3) is 10.8 Å². The van der Waals surface area contributed by atoms with E-state index in [4.69, 9.17) is 0 Å². The molecule has 3 aromatic carbocycles. The molecule has 4 aliphatic rings. The van der Waals surface area contributed by atoms with Crippen LogP contribution in [0.2, 0.25) is 0 Å². The smallest absolute Gasteiger partial charge is 0.291 e. The number of quaternary nitrogens is 1. The molecule has 0 aliphatic carbocycles. The lowest BCUT2D eigenvalue weighted by atomic mass is 9.75. The molecule has 1 spiro atoms. The number of hydrogen-bond donors (Lipinski definition) is 2. The molecule has 0 aromatic heterocycles. The second-order valence-electron chi connectivity index (χ2n) is 9.49. The first kappa shape index (κ1) is 18.9. The van der Waals surface area contributed by atoms with Gasteiger partial charge in [-0.25, -0.2) is 9.29 Å². The number of rotatable bonds is 1. The Morgan fingerprint density at radius 3 is 2.70 bits per heavy atom. The number of amides is 3. The molecule has 1 unspecified atom stereocenters. The van der Waals surface area contributed by atoms with Gasteiger partial charge in [-0.2, -0.15) is 0 Å². The molecule has 5 atom stereocenters. The van der Waals surface area contributed by atoms with Crippen LogP contribution in [0.3, 0.4) is 0 Å². The van der Waals surface area contributed by atoms with Crippen LogP contribution in [-0.4, -0.2) is 30.3 Å². The lowest BCUT2D eigenvalue weighted by molar-refractivity contribution is -0.948. The van der Waals surface area contributed by atoms with E-state index in [-0.39, 0.29) is 23.8 Å². The lowest BCUT2D eigenvalue weighted by Crippen LogP contribution is -3.19. The standard InChI is InChI=1S/C26H20FN3O3/c27-15-10-11-18-17(13-15)26(25(33)28-18)22-21(20-9-4-12-29(20)26)23(31)30(24(22)32)19-8-3-6-14-5-1-2-7-16(14)19/h1-3,5-8,10-11,13,20-22H,4,9,12H2,(H,28,33)/p+1/t20-,21+,22+,26-/m1/s1. The minimum Gasteiger partial charge on any atom is -0.320 e. The average Bonchev–Trinajstić information content (AvgIpc) is 3.52. The SMILES string of the molecule is O=C1[C@H]2[C@H]3CCC[NH+]3[C@@]3(C(=O)Nc4ccc(F)cc43)[C@@H]2C(=O)N1c1cccc2ccccc12. The Morgan fingerprint density at radius 2 is 1.82 bits per heavy atom. The van der Waals surface area contributed by atoms with Crippen molar-refractivity contribution in [3.05, 3.63) is 72.0 Å². The van der Waals surface area contributed by atoms with Crippen LogP contribution >= 0.6 is 0 Å². The molecule has 33 heavy (non-hydrogen) atoms. The van der Waals surface area contributed by atoms with E-state index < -0.39 is 23.2 Å². The van der Waals surface area contributed by atoms with Gasteiger partial charge in [0.2, 0.25) is 17.4 Å². The molecule has 0 radical (unpaired) electrons. The fourth-order valence-corrected chi connectivity index (χ4v) is 7.07. The van der Waals surface area contributed by atoms with E-state index in [1.807, 2.05) is 36.4 Å². The zero-order valence-electron chi connectivity index (χ0n) is 17.7. The molecular weight excluding hydrogens is 421 g/mol. The third-order valence-electron chi connectivity index (χ3n) is 8.19. The molecule has 2 N–H and O–H groups in total. The predicted molar refractivity (Wildman–Crippen MR) is 119 cm³/mol. The fraction of sp³-hybridized carbons (Fsp3) is 0.269. The zero-order chi connectivity index (χ0) is 22.5. The Morgan fingerprint density at radius 1 is 1.00 bits per heavy atom. The number of hydrogen-bond acceptors (Lipinski definition) is 3. The summed E-state index contributed by atoms with van der Waals surface area (Å²) in [4.78, 5) is 43.8. The lowest BCUT2D eigenvalue weighted by Gasteiger charge is -2.33. The molecule has 0 saturated carbocycles. The minimum atomic E-state index is -1.28. The maximum atomic E-state index is 14.4. The van der Waals surface area contributed by atoms with Gasteiger partial charge in [-0.05, 0) is 29.7 Å². The summed E-state index contributed by atoms with van der Waals surface area (Å²) in [5.74, 6) is -2.83. The van der Waals surface area contributed by atoms with Gasteiger partial charge in [0.05, 0.1) is 17.9 Å². The first-order valence-corrected chi connectivity index (χ1v) is 11.4. The topological polar surface area (TPSA) is 70.9 Å². The molecule has 7 heteroatoms. The van der Waals surface area contributed by atoms with Crippen LogP contribution in [0.4, 0.5) is 15.8 Å². The quantitative estimate of drug-likeness (QED) is 0.567. The second-order valence-corrected chi connectivity index (χ2v) is 9.49. The Kier molecular flexibility index (Phi) is 3.59. The molecule has 3 fully saturated rings. The van der Waals surface area contributed by atoms with E-state index in [1.165, 1.54) is 17.0 Å². The average molecular weight is 442 g/mol. The van der Waals surface area contributed by atoms with Gasteiger partial charge >= 0.3 is 0 Å². The molecule has 3 aromatic rings. The summed E-state index contributed by atoms with van der Waals surface area (Å²) in [6.07, 6.45) is 1.62. The summed E-state index contributed by atoms with van der Waals surface area (Å²) in [5, 5.41) is 4.64. The Bertz CT molecular complexity index is 1400. The van der Waals surface area contributed by atoms with Gasteiger partial charge in [-0.1, -0.05) is 36.4 Å². The number of carbonyl (C=O) groups excluding carboxylic acids is 3. The Hall–Kier alpha value is -3.58. The number of halogens is 1. The maximum Gasteiger partial charge on any atom is 0.291 e. The van der Waals surface area contributed by atoms with Crippen molar-refractivity contribution in [3.63, 3.8) is 0 Å². The van der Waals surface area contributed by atoms with E-state index in [9.17, 15) is 18.8 Å². The number of fused-ring (bicyclic) bond motifs is 8. The summed E-state index contributed by atoms with van der Waals surface area (Å²) in [6.45, 7) is 0.676. The minimum absolute atomic E-state index is 0.147. The van der Waals surface area contributed by atoms with Gasteiger partial charge in [0, 0.05) is 23.8 Å². The number of carbonyl (C=O) groups is 3. The van der Waals surface area contributed by atoms with Gasteiger partial charge in [-0.15, -0.1) is 0 Å². The first-order chi connectivity index (χ1) is 16.0. The van der Waals surface area contributed by atoms with Gasteiger partial charge in [0.1, 0.15) is 23.7 Å². The van der Waals surface area contributed by atoms with Crippen LogP contribution in [0.15, 0.2) is 60.7 Å². The highest BCUT2D eigenvalue weighted by molar-refractivity contribution is 6.27. The van der Waals surface area contributed by atoms with Crippen LogP contribution in [0.1, 0.15) is 18.4 Å². The molecule has 6 nitrogen and oxygen atoms in total. The number of nitrogens with zero attached hydrogens (tertiary/aromatic N) is 1. The Labute approximate surface area is 189 Å². The summed E-state index contributed by atoms with van der Waals surface area (Å²) in [5.41, 5.74) is 0.298. The monoisotopic (exact) mass is 442 g/mol. The highest BCUT2D eigenvalue weighted by Gasteiger charge is 2.78. The molecule has 164 valence electrons. The molecule has 3 saturated heterocycles. The van der Waals surface area contributed by atoms with Crippen molar-refractivity contribution in [2.24, 2.45) is 11.8 Å². The van der Waals surface area contributed by atoms with E-state index >= 15 is 0 Å². The third kappa shape index (κ3) is 2.13. The molecule has 7 rings (SSSR count). The highest BCUT2D eigenvalue weighted by Crippen LogP contribution is 2.52. The largest absolute Gasteiger partial charge is 0.320 e. The van der Waals surface area contributed by atoms with Crippen molar-refractivity contribution in [1.29, 1.82) is 0 Å². The van der Waals surface area contributed by atoms with Crippen LogP contribution in [0.5, 0.6) is 0 Å². The van der Waals surface area contributed by atoms with Gasteiger partial charge < -0.3 is 10.2 Å². The van der Waals surface area contributed by atoms with Gasteiger partial charge in [-0.3, -0.25) is 14.4 Å². The first-order valence-electron chi connectivity index (χ1n) is 11.4. The van der Waals surface area contributed by atoms with Crippen LogP contribution in [-0.2, 0) is 19.9 Å².